The van der Waals surface area contributed by atoms with E-state index in [0.717, 1.165) is 41.6 Å². The number of hydrogen-bond donors (Lipinski definition) is 4. The number of phenols is 4. The van der Waals surface area contributed by atoms with E-state index in [1.807, 2.05) is 48.5 Å². The number of halogens is 2. The number of rotatable bonds is 4. The van der Waals surface area contributed by atoms with Crippen LogP contribution in [0.25, 0.3) is 21.5 Å². The minimum atomic E-state index is -1.22. The fraction of sp³-hybridized carbons (Fsp3) is 0.0417. The molecule has 58 heavy (non-hydrogen) atoms. The number of benzene rings is 8. The monoisotopic (exact) mass is 892 g/mol. The maximum atomic E-state index is 13.1. The molecule has 0 spiro atoms. The lowest BCUT2D eigenvalue weighted by molar-refractivity contribution is 0.0116. The highest BCUT2D eigenvalue weighted by Gasteiger charge is 2.47. The highest BCUT2D eigenvalue weighted by Crippen LogP contribution is 2.51. The van der Waals surface area contributed by atoms with Gasteiger partial charge >= 0.3 is 11.9 Å². The molecule has 284 valence electrons. The molecule has 0 unspecified atom stereocenters. The number of esters is 2. The standard InChI is InChI=1S/2C24H15BrO4/c25-21-13-12-19-22-18(21)2-1-3-20(22)24(29-23(19)28,14-4-8-16(26)9-5-14)15-6-10-17(27)11-7-15;25-21-13-12-20-22-18(21)2-1-3-19(22)23(28)29-24(20,14-4-8-16(26)9-5-14)15-6-10-17(27)11-7-15/h2*1-13,26-27H. The second-order valence-corrected chi connectivity index (χ2v) is 15.7. The summed E-state index contributed by atoms with van der Waals surface area (Å²) in [6.45, 7) is 0. The Bertz CT molecular complexity index is 2680. The van der Waals surface area contributed by atoms with Gasteiger partial charge < -0.3 is 29.9 Å². The maximum Gasteiger partial charge on any atom is 0.340 e. The van der Waals surface area contributed by atoms with Gasteiger partial charge in [-0.25, -0.2) is 9.59 Å². The van der Waals surface area contributed by atoms with Crippen LogP contribution in [0.1, 0.15) is 54.1 Å². The van der Waals surface area contributed by atoms with Crippen molar-refractivity contribution < 1.29 is 39.5 Å². The Labute approximate surface area is 348 Å². The molecule has 0 bridgehead atoms. The first-order chi connectivity index (χ1) is 28.0. The minimum Gasteiger partial charge on any atom is -0.508 e. The average Bonchev–Trinajstić information content (AvgIpc) is 3.23. The predicted octanol–water partition coefficient (Wildman–Crippen LogP) is 11.0. The molecule has 10 rings (SSSR count). The highest BCUT2D eigenvalue weighted by molar-refractivity contribution is 9.11. The molecule has 10 heteroatoms. The van der Waals surface area contributed by atoms with Gasteiger partial charge in [-0.05, 0) is 83.6 Å². The van der Waals surface area contributed by atoms with Crippen molar-refractivity contribution >= 4 is 65.3 Å². The van der Waals surface area contributed by atoms with Crippen LogP contribution in [0.3, 0.4) is 0 Å². The number of phenolic OH excluding ortho intramolecular Hbond substituents is 4. The number of cyclic esters (lactones) is 2. The zero-order valence-corrected chi connectivity index (χ0v) is 33.4. The van der Waals surface area contributed by atoms with Crippen molar-refractivity contribution in [3.05, 3.63) is 211 Å². The fourth-order valence-corrected chi connectivity index (χ4v) is 9.07. The number of aromatic hydroxyl groups is 4. The Morgan fingerprint density at radius 3 is 1.10 bits per heavy atom. The van der Waals surface area contributed by atoms with Gasteiger partial charge in [0.2, 0.25) is 0 Å². The van der Waals surface area contributed by atoms with Crippen LogP contribution < -0.4 is 0 Å². The Hall–Kier alpha value is -6.62. The molecule has 0 fully saturated rings. The molecule has 0 aromatic heterocycles. The number of carbonyl (C=O) groups is 2. The summed E-state index contributed by atoms with van der Waals surface area (Å²) >= 11 is 7.18. The molecule has 2 heterocycles. The molecule has 8 aromatic rings. The van der Waals surface area contributed by atoms with Gasteiger partial charge in [0.05, 0.1) is 11.1 Å². The molecule has 8 aromatic carbocycles. The lowest BCUT2D eigenvalue weighted by Crippen LogP contribution is -2.38. The first kappa shape index (κ1) is 37.0. The van der Waals surface area contributed by atoms with E-state index in [2.05, 4.69) is 31.9 Å². The normalized spacial score (nSPS) is 14.6. The summed E-state index contributed by atoms with van der Waals surface area (Å²) < 4.78 is 14.1. The fourth-order valence-electron chi connectivity index (χ4n) is 8.14. The zero-order valence-electron chi connectivity index (χ0n) is 30.2. The topological polar surface area (TPSA) is 134 Å². The van der Waals surface area contributed by atoms with Crippen molar-refractivity contribution in [3.63, 3.8) is 0 Å². The molecular formula is C48H30Br2O8. The van der Waals surface area contributed by atoms with Gasteiger partial charge in [0, 0.05) is 53.1 Å². The van der Waals surface area contributed by atoms with Gasteiger partial charge in [0.25, 0.3) is 0 Å². The quantitative estimate of drug-likeness (QED) is 0.128. The Balaban J connectivity index is 0.000000150. The van der Waals surface area contributed by atoms with E-state index in [-0.39, 0.29) is 23.0 Å². The van der Waals surface area contributed by atoms with Crippen molar-refractivity contribution in [3.8, 4) is 23.0 Å². The summed E-state index contributed by atoms with van der Waals surface area (Å²) in [6.07, 6.45) is 0. The van der Waals surface area contributed by atoms with E-state index in [1.165, 1.54) is 0 Å². The zero-order chi connectivity index (χ0) is 40.3. The highest BCUT2D eigenvalue weighted by atomic mass is 79.9. The number of carbonyl (C=O) groups excluding carboxylic acids is 2. The summed E-state index contributed by atoms with van der Waals surface area (Å²) in [5.74, 6) is -0.364. The van der Waals surface area contributed by atoms with Gasteiger partial charge in [-0.3, -0.25) is 0 Å². The largest absolute Gasteiger partial charge is 0.508 e. The van der Waals surface area contributed by atoms with Crippen molar-refractivity contribution in [2.75, 3.05) is 0 Å². The van der Waals surface area contributed by atoms with Gasteiger partial charge in [0.1, 0.15) is 23.0 Å². The molecule has 0 atom stereocenters. The maximum absolute atomic E-state index is 13.1. The van der Waals surface area contributed by atoms with E-state index in [4.69, 9.17) is 9.47 Å². The van der Waals surface area contributed by atoms with Crippen molar-refractivity contribution in [1.29, 1.82) is 0 Å². The summed E-state index contributed by atoms with van der Waals surface area (Å²) in [4.78, 5) is 26.3. The second-order valence-electron chi connectivity index (χ2n) is 14.0. The van der Waals surface area contributed by atoms with Gasteiger partial charge in [-0.1, -0.05) is 117 Å². The van der Waals surface area contributed by atoms with Crippen LogP contribution in [0.5, 0.6) is 23.0 Å². The molecule has 0 amide bonds. The van der Waals surface area contributed by atoms with E-state index >= 15 is 0 Å². The molecule has 0 saturated heterocycles. The van der Waals surface area contributed by atoms with Gasteiger partial charge in [-0.15, -0.1) is 0 Å². The predicted molar refractivity (Wildman–Crippen MR) is 226 cm³/mol. The van der Waals surface area contributed by atoms with Crippen LogP contribution in [-0.2, 0) is 20.7 Å². The van der Waals surface area contributed by atoms with Crippen LogP contribution in [0.2, 0.25) is 0 Å². The molecule has 8 nitrogen and oxygen atoms in total. The average molecular weight is 895 g/mol. The third-order valence-corrected chi connectivity index (χ3v) is 12.1. The van der Waals surface area contributed by atoms with E-state index in [1.54, 1.807) is 109 Å². The molecule has 2 aliphatic rings. The summed E-state index contributed by atoms with van der Waals surface area (Å²) in [6, 6.07) is 45.4. The first-order valence-electron chi connectivity index (χ1n) is 18.1. The van der Waals surface area contributed by atoms with Crippen molar-refractivity contribution in [2.24, 2.45) is 0 Å². The van der Waals surface area contributed by atoms with Crippen LogP contribution in [0.15, 0.2) is 167 Å². The van der Waals surface area contributed by atoms with Crippen LogP contribution in [-0.4, -0.2) is 32.4 Å². The van der Waals surface area contributed by atoms with E-state index in [0.29, 0.717) is 33.4 Å². The minimum absolute atomic E-state index is 0.123. The molecule has 4 N–H and O–H groups in total. The van der Waals surface area contributed by atoms with Crippen molar-refractivity contribution in [2.45, 2.75) is 11.2 Å². The van der Waals surface area contributed by atoms with E-state index < -0.39 is 23.1 Å². The third kappa shape index (κ3) is 5.78. The summed E-state index contributed by atoms with van der Waals surface area (Å²) in [7, 11) is 0. The number of ether oxygens (including phenoxy) is 2. The van der Waals surface area contributed by atoms with Crippen LogP contribution in [0.4, 0.5) is 0 Å². The van der Waals surface area contributed by atoms with Gasteiger partial charge in [-0.2, -0.15) is 0 Å². The lowest BCUT2D eigenvalue weighted by atomic mass is 9.76. The summed E-state index contributed by atoms with van der Waals surface area (Å²) in [5.41, 5.74) is 3.03. The third-order valence-electron chi connectivity index (χ3n) is 10.8. The van der Waals surface area contributed by atoms with Crippen LogP contribution in [0, 0.1) is 0 Å². The molecule has 0 aliphatic carbocycles. The Morgan fingerprint density at radius 1 is 0.379 bits per heavy atom. The first-order valence-corrected chi connectivity index (χ1v) is 19.7. The second kappa shape index (κ2) is 14.1. The molecule has 2 aliphatic heterocycles. The lowest BCUT2D eigenvalue weighted by Gasteiger charge is -2.39. The molecule has 0 radical (unpaired) electrons. The SMILES string of the molecule is O=C1OC(c2ccc(O)cc2)(c2ccc(O)cc2)c2ccc(Br)c3cccc1c23.O=C1OC(c2ccc(O)cc2)(c2ccc(O)cc2)c2cccc3c(Br)ccc1c23. The van der Waals surface area contributed by atoms with Gasteiger partial charge in [0.15, 0.2) is 11.2 Å². The Morgan fingerprint density at radius 2 is 0.707 bits per heavy atom. The molecular weight excluding hydrogens is 864 g/mol. The Kier molecular flexibility index (Phi) is 8.98. The summed E-state index contributed by atoms with van der Waals surface area (Å²) in [5, 5.41) is 42.7. The van der Waals surface area contributed by atoms with Crippen LogP contribution >= 0.6 is 31.9 Å². The van der Waals surface area contributed by atoms with Crippen molar-refractivity contribution in [1.82, 2.24) is 0 Å². The molecule has 0 saturated carbocycles. The smallest absolute Gasteiger partial charge is 0.340 e. The number of hydrogen-bond acceptors (Lipinski definition) is 8. The van der Waals surface area contributed by atoms with E-state index in [9.17, 15) is 30.0 Å².